The number of carbonyl (C=O) groups excluding carboxylic acids is 5. The number of piperidine rings is 1. The van der Waals surface area contributed by atoms with Gasteiger partial charge in [-0.15, -0.1) is 0 Å². The van der Waals surface area contributed by atoms with Gasteiger partial charge in [-0.2, -0.15) is 0 Å². The Morgan fingerprint density at radius 3 is 2.28 bits per heavy atom. The zero-order valence-corrected chi connectivity index (χ0v) is 49.2. The van der Waals surface area contributed by atoms with Crippen LogP contribution in [0.4, 0.5) is 0 Å². The van der Waals surface area contributed by atoms with E-state index in [0.717, 1.165) is 37.6 Å². The fourth-order valence-electron chi connectivity index (χ4n) is 12.4. The number of ketones is 2. The minimum Gasteiger partial charge on any atom is -0.460 e. The summed E-state index contributed by atoms with van der Waals surface area (Å²) < 4.78 is 36.4. The maximum Gasteiger partial charge on any atom is 0.493 e. The topological polar surface area (TPSA) is 184 Å². The smallest absolute Gasteiger partial charge is 0.460 e. The molecule has 2 saturated carbocycles. The molecular weight excluding hydrogens is 1000 g/mol. The van der Waals surface area contributed by atoms with Crippen LogP contribution in [0.1, 0.15) is 152 Å². The molecule has 14 atom stereocenters. The van der Waals surface area contributed by atoms with Crippen LogP contribution in [0.5, 0.6) is 0 Å². The number of aliphatic hydroxyl groups excluding tert-OH is 1. The first-order valence-electron chi connectivity index (χ1n) is 29.5. The number of rotatable bonds is 8. The van der Waals surface area contributed by atoms with E-state index in [0.29, 0.717) is 62.5 Å². The van der Waals surface area contributed by atoms with Gasteiger partial charge in [0, 0.05) is 52.2 Å². The molecule has 1 aromatic rings. The molecule has 15 heteroatoms. The van der Waals surface area contributed by atoms with Gasteiger partial charge < -0.3 is 43.4 Å². The van der Waals surface area contributed by atoms with Gasteiger partial charge in [0.2, 0.25) is 0 Å². The van der Waals surface area contributed by atoms with E-state index in [1.807, 2.05) is 69.3 Å². The molecule has 4 fully saturated rings. The maximum atomic E-state index is 15.0. The van der Waals surface area contributed by atoms with Crippen LogP contribution < -0.4 is 5.46 Å². The van der Waals surface area contributed by atoms with Crippen molar-refractivity contribution < 1.29 is 62.4 Å². The first kappa shape index (κ1) is 63.7. The third-order valence-electron chi connectivity index (χ3n) is 18.0. The number of esters is 2. The molecule has 5 aliphatic rings. The molecule has 1 unspecified atom stereocenters. The highest BCUT2D eigenvalue weighted by molar-refractivity contribution is 6.61. The molecule has 6 rings (SSSR count). The van der Waals surface area contributed by atoms with E-state index in [2.05, 4.69) is 32.6 Å². The molecule has 14 nitrogen and oxygen atoms in total. The molecule has 2 saturated heterocycles. The minimum absolute atomic E-state index is 0.0391. The van der Waals surface area contributed by atoms with Crippen molar-refractivity contribution in [3.8, 4) is 0 Å². The lowest BCUT2D eigenvalue weighted by Crippen LogP contribution is -2.58. The van der Waals surface area contributed by atoms with Gasteiger partial charge >= 0.3 is 19.1 Å². The molecular formula is C64H94BNO13. The van der Waals surface area contributed by atoms with Crippen LogP contribution in [0, 0.1) is 46.8 Å². The van der Waals surface area contributed by atoms with Crippen molar-refractivity contribution >= 4 is 42.0 Å². The van der Waals surface area contributed by atoms with Crippen molar-refractivity contribution in [3.05, 3.63) is 90.1 Å². The summed E-state index contributed by atoms with van der Waals surface area (Å²) in [7, 11) is 2.44. The predicted octanol–water partition coefficient (Wildman–Crippen LogP) is 9.60. The molecule has 3 heterocycles. The van der Waals surface area contributed by atoms with Gasteiger partial charge in [0.25, 0.3) is 5.91 Å². The number of nitrogens with zero attached hydrogens (tertiary/aromatic N) is 1. The summed E-state index contributed by atoms with van der Waals surface area (Å²) in [6.45, 7) is 20.1. The number of benzene rings is 1. The van der Waals surface area contributed by atoms with Crippen molar-refractivity contribution in [2.75, 3.05) is 34.0 Å². The Balaban J connectivity index is 1.23. The lowest BCUT2D eigenvalue weighted by molar-refractivity contribution is -0.178. The third kappa shape index (κ3) is 16.8. The van der Waals surface area contributed by atoms with Crippen molar-refractivity contribution in [2.24, 2.45) is 46.8 Å². The summed E-state index contributed by atoms with van der Waals surface area (Å²) in [5.74, 6) is -3.28. The van der Waals surface area contributed by atoms with Crippen molar-refractivity contribution in [1.82, 2.24) is 4.90 Å². The summed E-state index contributed by atoms with van der Waals surface area (Å²) in [5, 5.41) is 24.3. The zero-order chi connectivity index (χ0) is 57.6. The zero-order valence-electron chi connectivity index (χ0n) is 49.2. The van der Waals surface area contributed by atoms with E-state index in [1.54, 1.807) is 34.0 Å². The maximum absolute atomic E-state index is 15.0. The van der Waals surface area contributed by atoms with Crippen molar-refractivity contribution in [3.63, 3.8) is 0 Å². The van der Waals surface area contributed by atoms with Gasteiger partial charge in [-0.25, -0.2) is 4.79 Å². The summed E-state index contributed by atoms with van der Waals surface area (Å²) >= 11 is 0. The number of aliphatic hydroxyl groups is 2. The predicted molar refractivity (Wildman–Crippen MR) is 307 cm³/mol. The SMILES string of the molecule is C=C1[C@H](C)CC[C@H]2CCC(C)=CC=CC=C[C@@H](C)CC[C@@H](C)C(=O)[C@H](OC)[C@H](O)C(C)C=C(C)C(=O)C[C@@H]([C@H](C)C[C@@H]3CC[C@@H](OC(=O)C4(C)COB(c5ccccc5)OC4)[C@H](OC)C3)OC(=O)[C@@H]3CCCCN3C(=O)[C@]1(O)C2. The molecule has 0 spiro atoms. The monoisotopic (exact) mass is 1100 g/mol. The van der Waals surface area contributed by atoms with Crippen LogP contribution in [0.25, 0.3) is 0 Å². The largest absolute Gasteiger partial charge is 0.493 e. The van der Waals surface area contributed by atoms with E-state index in [-0.39, 0.29) is 79.7 Å². The van der Waals surface area contributed by atoms with E-state index in [9.17, 15) is 29.4 Å². The number of hydrogen-bond acceptors (Lipinski definition) is 13. The molecule has 3 aliphatic heterocycles. The summed E-state index contributed by atoms with van der Waals surface area (Å²) in [4.78, 5) is 73.5. The number of ether oxygens (including phenoxy) is 4. The second-order valence-electron chi connectivity index (χ2n) is 24.6. The lowest BCUT2D eigenvalue weighted by atomic mass is 9.75. The highest BCUT2D eigenvalue weighted by Crippen LogP contribution is 2.43. The molecule has 1 amide bonds. The standard InChI is InChI=1S/C64H94BNO13/c1-41-20-14-12-15-21-42(2)26-29-49-30-28-43(3)48(8)64(73,38-49)61(71)66-33-19-18-24-52(66)60(70)78-55(37-53(67)45(5)34-47(7)58(69)59(75-11)57(68)44(4)27-25-41)46(6)35-50-31-32-54(56(36-50)74-10)79-62(72)63(9)39-76-65(77-40-63)51-22-16-13-17-23-51/h12-17,20-23,34,41,43-44,46-47,49-50,52,54-56,58-59,69,73H,8,18-19,24-33,35-40H2,1-7,9-11H3/t41-,43-,44-,46-,47?,49-,50+,52+,54-,55+,56-,58-,59+,64+/m1/s1. The molecule has 436 valence electrons. The Kier molecular flexibility index (Phi) is 23.7. The number of Topliss-reactive ketones (excluding diaryl/α,β-unsaturated/α-hetero) is 2. The van der Waals surface area contributed by atoms with Crippen LogP contribution in [0.3, 0.4) is 0 Å². The van der Waals surface area contributed by atoms with Crippen LogP contribution in [0.15, 0.2) is 90.1 Å². The van der Waals surface area contributed by atoms with Gasteiger partial charge in [0.1, 0.15) is 29.8 Å². The number of cyclic esters (lactones) is 1. The first-order valence-corrected chi connectivity index (χ1v) is 29.5. The average molecular weight is 1100 g/mol. The molecule has 2 bridgehead atoms. The highest BCUT2D eigenvalue weighted by Gasteiger charge is 2.50. The van der Waals surface area contributed by atoms with Gasteiger partial charge in [-0.1, -0.05) is 114 Å². The van der Waals surface area contributed by atoms with Crippen LogP contribution in [0.2, 0.25) is 0 Å². The second-order valence-corrected chi connectivity index (χ2v) is 24.6. The number of carbonyl (C=O) groups is 5. The Hall–Kier alpha value is -4.51. The molecule has 1 aromatic carbocycles. The van der Waals surface area contributed by atoms with Crippen LogP contribution >= 0.6 is 0 Å². The number of amides is 1. The molecule has 79 heavy (non-hydrogen) atoms. The Morgan fingerprint density at radius 2 is 1.58 bits per heavy atom. The quantitative estimate of drug-likeness (QED) is 0.143. The van der Waals surface area contributed by atoms with Gasteiger partial charge in [-0.05, 0) is 157 Å². The van der Waals surface area contributed by atoms with Crippen molar-refractivity contribution in [2.45, 2.75) is 194 Å². The normalized spacial score (nSPS) is 34.2. The van der Waals surface area contributed by atoms with Gasteiger partial charge in [0.15, 0.2) is 17.2 Å². The first-order chi connectivity index (χ1) is 37.6. The fraction of sp³-hybridized carbons (Fsp3) is 0.672. The summed E-state index contributed by atoms with van der Waals surface area (Å²) in [6.07, 6.45) is 16.2. The van der Waals surface area contributed by atoms with Gasteiger partial charge in [0.05, 0.1) is 12.2 Å². The van der Waals surface area contributed by atoms with E-state index in [1.165, 1.54) is 17.6 Å². The molecule has 2 aliphatic carbocycles. The molecule has 0 aromatic heterocycles. The molecule has 0 radical (unpaired) electrons. The third-order valence-corrected chi connectivity index (χ3v) is 18.0. The number of hydrogen-bond donors (Lipinski definition) is 2. The Bertz CT molecular complexity index is 2360. The second kappa shape index (κ2) is 29.5. The highest BCUT2D eigenvalue weighted by atomic mass is 16.6. The van der Waals surface area contributed by atoms with Crippen LogP contribution in [-0.2, 0) is 52.2 Å². The number of fused-ring (bicyclic) bond motifs is 3. The van der Waals surface area contributed by atoms with Crippen LogP contribution in [-0.4, -0.2) is 128 Å². The molecule has 2 N–H and O–H groups in total. The van der Waals surface area contributed by atoms with E-state index < -0.39 is 78.5 Å². The Morgan fingerprint density at radius 1 is 0.873 bits per heavy atom. The average Bonchev–Trinajstić information content (AvgIpc) is 3.55. The van der Waals surface area contributed by atoms with Gasteiger partial charge in [-0.3, -0.25) is 19.2 Å². The lowest BCUT2D eigenvalue weighted by Gasteiger charge is -2.42. The Labute approximate surface area is 472 Å². The van der Waals surface area contributed by atoms with Crippen molar-refractivity contribution in [1.29, 1.82) is 0 Å². The minimum atomic E-state index is -1.88. The summed E-state index contributed by atoms with van der Waals surface area (Å²) in [5.41, 5.74) is -0.0307. The summed E-state index contributed by atoms with van der Waals surface area (Å²) in [6, 6.07) is 8.59. The number of allylic oxidation sites excluding steroid dienone is 7. The van der Waals surface area contributed by atoms with E-state index >= 15 is 4.79 Å². The van der Waals surface area contributed by atoms with E-state index in [4.69, 9.17) is 28.3 Å². The fourth-order valence-corrected chi connectivity index (χ4v) is 12.4. The number of methoxy groups -OCH3 is 2.